The van der Waals surface area contributed by atoms with Crippen molar-refractivity contribution >= 4 is 11.9 Å². The van der Waals surface area contributed by atoms with Crippen LogP contribution in [0.3, 0.4) is 0 Å². The minimum atomic E-state index is -0.687. The van der Waals surface area contributed by atoms with Gasteiger partial charge in [0, 0.05) is 37.0 Å². The van der Waals surface area contributed by atoms with Crippen LogP contribution in [0.1, 0.15) is 61.4 Å². The van der Waals surface area contributed by atoms with E-state index >= 15 is 0 Å². The van der Waals surface area contributed by atoms with E-state index in [4.69, 9.17) is 4.74 Å². The second-order valence-electron chi connectivity index (χ2n) is 10.4. The molecule has 180 valence electrons. The smallest absolute Gasteiger partial charge is 0.303 e. The minimum absolute atomic E-state index is 0.0475. The van der Waals surface area contributed by atoms with E-state index in [9.17, 15) is 14.7 Å². The predicted octanol–water partition coefficient (Wildman–Crippen LogP) is 4.03. The molecule has 0 bridgehead atoms. The standard InChI is InChI=1S/C28H34N2O4/c1-20(31)34-28-13-12-24(29-26(33)22-6-3-2-4-7-22)17-27(28,23-8-5-9-25(32)16-23)14-15-30(19-28)18-21-10-11-21/h2-9,16,21,24,32H,10-15,17-19H2,1H3,(H,29,33)/t24-,27-,28-/m0/s1. The van der Waals surface area contributed by atoms with Gasteiger partial charge in [-0.15, -0.1) is 0 Å². The van der Waals surface area contributed by atoms with Crippen LogP contribution in [0, 0.1) is 5.92 Å². The topological polar surface area (TPSA) is 78.9 Å². The molecule has 1 heterocycles. The van der Waals surface area contributed by atoms with Gasteiger partial charge in [-0.1, -0.05) is 30.3 Å². The van der Waals surface area contributed by atoms with Crippen molar-refractivity contribution in [1.29, 1.82) is 0 Å². The third-order valence-corrected chi connectivity index (χ3v) is 8.02. The highest BCUT2D eigenvalue weighted by atomic mass is 16.6. The number of hydrogen-bond acceptors (Lipinski definition) is 5. The summed E-state index contributed by atoms with van der Waals surface area (Å²) in [4.78, 5) is 27.9. The predicted molar refractivity (Wildman–Crippen MR) is 130 cm³/mol. The van der Waals surface area contributed by atoms with Crippen molar-refractivity contribution in [2.75, 3.05) is 19.6 Å². The van der Waals surface area contributed by atoms with E-state index in [2.05, 4.69) is 10.2 Å². The Morgan fingerprint density at radius 3 is 2.59 bits per heavy atom. The van der Waals surface area contributed by atoms with Gasteiger partial charge in [-0.3, -0.25) is 14.5 Å². The first-order chi connectivity index (χ1) is 16.4. The Balaban J connectivity index is 1.49. The molecule has 2 N–H and O–H groups in total. The van der Waals surface area contributed by atoms with Gasteiger partial charge in [0.15, 0.2) is 0 Å². The van der Waals surface area contributed by atoms with Gasteiger partial charge in [0.1, 0.15) is 11.4 Å². The van der Waals surface area contributed by atoms with Crippen molar-refractivity contribution in [1.82, 2.24) is 10.2 Å². The fourth-order valence-electron chi connectivity index (χ4n) is 6.29. The number of amides is 1. The number of fused-ring (bicyclic) bond motifs is 1. The van der Waals surface area contributed by atoms with Gasteiger partial charge in [-0.2, -0.15) is 0 Å². The number of benzene rings is 2. The lowest BCUT2D eigenvalue weighted by molar-refractivity contribution is -0.186. The first kappa shape index (κ1) is 22.9. The Kier molecular flexibility index (Phi) is 6.11. The number of hydrogen-bond donors (Lipinski definition) is 2. The van der Waals surface area contributed by atoms with Gasteiger partial charge in [0.25, 0.3) is 5.91 Å². The van der Waals surface area contributed by atoms with E-state index in [1.807, 2.05) is 48.5 Å². The number of ether oxygens (including phenoxy) is 1. The Morgan fingerprint density at radius 1 is 1.09 bits per heavy atom. The number of phenols is 1. The molecule has 0 aromatic heterocycles. The number of likely N-dealkylation sites (tertiary alicyclic amines) is 1. The molecule has 6 nitrogen and oxygen atoms in total. The number of piperidine rings is 1. The SMILES string of the molecule is CC(=O)O[C@]12CC[C@H](NC(=O)c3ccccc3)C[C@]1(c1cccc(O)c1)CCN(CC1CC1)C2. The normalized spacial score (nSPS) is 29.1. The average molecular weight is 463 g/mol. The van der Waals surface area contributed by atoms with Gasteiger partial charge < -0.3 is 15.2 Å². The molecule has 2 aromatic rings. The van der Waals surface area contributed by atoms with E-state index in [-0.39, 0.29) is 23.7 Å². The van der Waals surface area contributed by atoms with Gasteiger partial charge in [-0.25, -0.2) is 0 Å². The molecule has 1 saturated heterocycles. The number of esters is 1. The van der Waals surface area contributed by atoms with Crippen molar-refractivity contribution in [3.8, 4) is 5.75 Å². The fraction of sp³-hybridized carbons (Fsp3) is 0.500. The Hall–Kier alpha value is -2.86. The molecule has 3 aliphatic rings. The molecule has 3 atom stereocenters. The van der Waals surface area contributed by atoms with E-state index in [0.29, 0.717) is 24.9 Å². The van der Waals surface area contributed by atoms with Crippen molar-refractivity contribution in [2.45, 2.75) is 62.5 Å². The number of carbonyl (C=O) groups excluding carboxylic acids is 2. The summed E-state index contributed by atoms with van der Waals surface area (Å²) >= 11 is 0. The molecule has 1 amide bonds. The summed E-state index contributed by atoms with van der Waals surface area (Å²) in [6.07, 6.45) is 5.45. The molecular formula is C28H34N2O4. The van der Waals surface area contributed by atoms with Crippen molar-refractivity contribution in [3.05, 3.63) is 65.7 Å². The molecule has 2 aromatic carbocycles. The second kappa shape index (κ2) is 9.06. The summed E-state index contributed by atoms with van der Waals surface area (Å²) in [6, 6.07) is 16.6. The Labute approximate surface area is 201 Å². The first-order valence-electron chi connectivity index (χ1n) is 12.5. The third kappa shape index (κ3) is 4.43. The maximum absolute atomic E-state index is 13.0. The van der Waals surface area contributed by atoms with Crippen LogP contribution in [0.2, 0.25) is 0 Å². The number of aromatic hydroxyl groups is 1. The Morgan fingerprint density at radius 2 is 1.88 bits per heavy atom. The highest BCUT2D eigenvalue weighted by Gasteiger charge is 2.61. The van der Waals surface area contributed by atoms with E-state index in [1.54, 1.807) is 6.07 Å². The van der Waals surface area contributed by atoms with E-state index in [0.717, 1.165) is 37.4 Å². The van der Waals surface area contributed by atoms with E-state index in [1.165, 1.54) is 19.8 Å². The quantitative estimate of drug-likeness (QED) is 0.634. The van der Waals surface area contributed by atoms with Crippen LogP contribution in [0.25, 0.3) is 0 Å². The molecule has 3 fully saturated rings. The van der Waals surface area contributed by atoms with Crippen LogP contribution < -0.4 is 5.32 Å². The zero-order valence-electron chi connectivity index (χ0n) is 19.8. The van der Waals surface area contributed by atoms with Gasteiger partial charge in [0.2, 0.25) is 0 Å². The van der Waals surface area contributed by atoms with Gasteiger partial charge >= 0.3 is 5.97 Å². The lowest BCUT2D eigenvalue weighted by Crippen LogP contribution is -2.68. The lowest BCUT2D eigenvalue weighted by Gasteiger charge is -2.59. The van der Waals surface area contributed by atoms with Crippen LogP contribution in [0.5, 0.6) is 5.75 Å². The van der Waals surface area contributed by atoms with Crippen LogP contribution in [-0.2, 0) is 14.9 Å². The van der Waals surface area contributed by atoms with Crippen LogP contribution >= 0.6 is 0 Å². The highest BCUT2D eigenvalue weighted by Crippen LogP contribution is 2.54. The van der Waals surface area contributed by atoms with Crippen LogP contribution in [0.15, 0.2) is 54.6 Å². The molecule has 6 heteroatoms. The Bertz CT molecular complexity index is 1050. The fourth-order valence-corrected chi connectivity index (χ4v) is 6.29. The van der Waals surface area contributed by atoms with Crippen molar-refractivity contribution < 1.29 is 19.4 Å². The molecule has 5 rings (SSSR count). The lowest BCUT2D eigenvalue weighted by atomic mass is 9.55. The number of rotatable bonds is 6. The molecule has 0 unspecified atom stereocenters. The van der Waals surface area contributed by atoms with Crippen LogP contribution in [0.4, 0.5) is 0 Å². The summed E-state index contributed by atoms with van der Waals surface area (Å²) in [7, 11) is 0. The summed E-state index contributed by atoms with van der Waals surface area (Å²) in [6.45, 7) is 4.14. The maximum atomic E-state index is 13.0. The minimum Gasteiger partial charge on any atom is -0.508 e. The summed E-state index contributed by atoms with van der Waals surface area (Å²) < 4.78 is 6.28. The number of nitrogens with one attached hydrogen (secondary N) is 1. The van der Waals surface area contributed by atoms with E-state index < -0.39 is 11.0 Å². The summed E-state index contributed by atoms with van der Waals surface area (Å²) in [5, 5.41) is 13.6. The van der Waals surface area contributed by atoms with Gasteiger partial charge in [-0.05, 0) is 80.8 Å². The summed E-state index contributed by atoms with van der Waals surface area (Å²) in [5.74, 6) is 0.607. The molecule has 0 spiro atoms. The first-order valence-corrected chi connectivity index (χ1v) is 12.5. The molecule has 34 heavy (non-hydrogen) atoms. The molecule has 0 radical (unpaired) electrons. The monoisotopic (exact) mass is 462 g/mol. The zero-order valence-corrected chi connectivity index (χ0v) is 19.8. The van der Waals surface area contributed by atoms with Crippen LogP contribution in [-0.4, -0.2) is 53.2 Å². The molecule has 1 aliphatic heterocycles. The third-order valence-electron chi connectivity index (χ3n) is 8.02. The summed E-state index contributed by atoms with van der Waals surface area (Å²) in [5.41, 5.74) is 0.460. The number of nitrogens with zero attached hydrogens (tertiary/aromatic N) is 1. The maximum Gasteiger partial charge on any atom is 0.303 e. The molecular weight excluding hydrogens is 428 g/mol. The largest absolute Gasteiger partial charge is 0.508 e. The molecule has 2 saturated carbocycles. The average Bonchev–Trinajstić information content (AvgIpc) is 3.63. The van der Waals surface area contributed by atoms with Gasteiger partial charge in [0.05, 0.1) is 0 Å². The highest BCUT2D eigenvalue weighted by molar-refractivity contribution is 5.94. The number of phenolic OH excluding ortho intramolecular Hbond substituents is 1. The molecule has 2 aliphatic carbocycles. The second-order valence-corrected chi connectivity index (χ2v) is 10.4. The zero-order chi connectivity index (χ0) is 23.8. The van der Waals surface area contributed by atoms with Crippen molar-refractivity contribution in [2.24, 2.45) is 5.92 Å². The van der Waals surface area contributed by atoms with Crippen molar-refractivity contribution in [3.63, 3.8) is 0 Å². The number of carbonyl (C=O) groups is 2.